The maximum absolute atomic E-state index is 12.7. The summed E-state index contributed by atoms with van der Waals surface area (Å²) in [6.07, 6.45) is 0. The molecule has 9 heteroatoms. The maximum Gasteiger partial charge on any atom is 0.323 e. The van der Waals surface area contributed by atoms with Crippen LogP contribution in [0.1, 0.15) is 17.1 Å². The first-order valence-electron chi connectivity index (χ1n) is 9.03. The molecule has 0 aliphatic carbocycles. The number of carboxylic acids is 1. The Morgan fingerprint density at radius 2 is 1.66 bits per heavy atom. The standard InChI is InChI=1S/C20H22N6O3/c1-13-9-14(2)22-20(21-13)26-17(10-15(3)24-26)23-18(27)11-25(12-19(28)29)16-7-5-4-6-8-16/h4-10H,11-12H2,1-3H3,(H,23,27)(H,28,29). The molecule has 150 valence electrons. The zero-order valence-electron chi connectivity index (χ0n) is 16.5. The number of hydrogen-bond acceptors (Lipinski definition) is 6. The zero-order chi connectivity index (χ0) is 21.0. The lowest BCUT2D eigenvalue weighted by Gasteiger charge is -2.22. The van der Waals surface area contributed by atoms with Crippen molar-refractivity contribution in [2.24, 2.45) is 0 Å². The number of para-hydroxylation sites is 1. The number of anilines is 2. The van der Waals surface area contributed by atoms with Gasteiger partial charge >= 0.3 is 5.97 Å². The van der Waals surface area contributed by atoms with Gasteiger partial charge in [0.15, 0.2) is 0 Å². The van der Waals surface area contributed by atoms with Crippen LogP contribution in [0.3, 0.4) is 0 Å². The van der Waals surface area contributed by atoms with E-state index in [1.165, 1.54) is 9.58 Å². The topological polar surface area (TPSA) is 113 Å². The average molecular weight is 394 g/mol. The molecule has 1 aromatic carbocycles. The number of aromatic nitrogens is 4. The van der Waals surface area contributed by atoms with Crippen LogP contribution >= 0.6 is 0 Å². The molecule has 0 atom stereocenters. The molecule has 1 amide bonds. The van der Waals surface area contributed by atoms with Gasteiger partial charge in [-0.2, -0.15) is 9.78 Å². The normalized spacial score (nSPS) is 10.6. The lowest BCUT2D eigenvalue weighted by Crippen LogP contribution is -2.37. The van der Waals surface area contributed by atoms with Gasteiger partial charge in [0.25, 0.3) is 5.95 Å². The molecule has 3 aromatic rings. The number of carboxylic acid groups (broad SMARTS) is 1. The second kappa shape index (κ2) is 8.51. The van der Waals surface area contributed by atoms with Crippen molar-refractivity contribution in [3.63, 3.8) is 0 Å². The van der Waals surface area contributed by atoms with Crippen LogP contribution in [0.5, 0.6) is 0 Å². The molecule has 0 saturated carbocycles. The SMILES string of the molecule is Cc1cc(C)nc(-n2nc(C)cc2NC(=O)CN(CC(=O)O)c2ccccc2)n1. The highest BCUT2D eigenvalue weighted by molar-refractivity contribution is 5.94. The molecule has 0 aliphatic heterocycles. The van der Waals surface area contributed by atoms with Gasteiger partial charge in [0.05, 0.1) is 12.2 Å². The molecule has 29 heavy (non-hydrogen) atoms. The van der Waals surface area contributed by atoms with E-state index >= 15 is 0 Å². The fraction of sp³-hybridized carbons (Fsp3) is 0.250. The highest BCUT2D eigenvalue weighted by atomic mass is 16.4. The first kappa shape index (κ1) is 20.0. The molecule has 0 unspecified atom stereocenters. The summed E-state index contributed by atoms with van der Waals surface area (Å²) in [7, 11) is 0. The molecule has 0 bridgehead atoms. The Labute approximate surface area is 168 Å². The molecule has 2 heterocycles. The lowest BCUT2D eigenvalue weighted by molar-refractivity contribution is -0.135. The first-order valence-corrected chi connectivity index (χ1v) is 9.03. The van der Waals surface area contributed by atoms with Gasteiger partial charge in [-0.05, 0) is 39.0 Å². The summed E-state index contributed by atoms with van der Waals surface area (Å²) in [6.45, 7) is 5.09. The van der Waals surface area contributed by atoms with Crippen LogP contribution in [-0.2, 0) is 9.59 Å². The molecule has 0 saturated heterocycles. The fourth-order valence-corrected chi connectivity index (χ4v) is 2.94. The van der Waals surface area contributed by atoms with Gasteiger partial charge < -0.3 is 15.3 Å². The number of nitrogens with zero attached hydrogens (tertiary/aromatic N) is 5. The quantitative estimate of drug-likeness (QED) is 0.631. The van der Waals surface area contributed by atoms with Crippen LogP contribution in [0, 0.1) is 20.8 Å². The number of rotatable bonds is 7. The number of hydrogen-bond donors (Lipinski definition) is 2. The third-order valence-electron chi connectivity index (χ3n) is 4.04. The number of nitrogens with one attached hydrogen (secondary N) is 1. The highest BCUT2D eigenvalue weighted by Crippen LogP contribution is 2.17. The van der Waals surface area contributed by atoms with Crippen molar-refractivity contribution >= 4 is 23.4 Å². The Hall–Kier alpha value is -3.75. The molecule has 0 spiro atoms. The van der Waals surface area contributed by atoms with Crippen LogP contribution in [0.4, 0.5) is 11.5 Å². The summed E-state index contributed by atoms with van der Waals surface area (Å²) < 4.78 is 1.47. The highest BCUT2D eigenvalue weighted by Gasteiger charge is 2.18. The van der Waals surface area contributed by atoms with E-state index in [1.807, 2.05) is 26.0 Å². The van der Waals surface area contributed by atoms with E-state index in [0.29, 0.717) is 23.1 Å². The summed E-state index contributed by atoms with van der Waals surface area (Å²) in [5.74, 6) is -0.621. The van der Waals surface area contributed by atoms with Crippen LogP contribution in [-0.4, -0.2) is 49.8 Å². The minimum Gasteiger partial charge on any atom is -0.480 e. The first-order chi connectivity index (χ1) is 13.8. The third-order valence-corrected chi connectivity index (χ3v) is 4.04. The third kappa shape index (κ3) is 5.16. The Kier molecular flexibility index (Phi) is 5.87. The van der Waals surface area contributed by atoms with Crippen LogP contribution in [0.2, 0.25) is 0 Å². The second-order valence-corrected chi connectivity index (χ2v) is 6.67. The number of aliphatic carboxylic acids is 1. The van der Waals surface area contributed by atoms with E-state index in [1.54, 1.807) is 37.3 Å². The second-order valence-electron chi connectivity index (χ2n) is 6.67. The number of aryl methyl sites for hydroxylation is 3. The van der Waals surface area contributed by atoms with Gasteiger partial charge in [0.2, 0.25) is 5.91 Å². The summed E-state index contributed by atoms with van der Waals surface area (Å²) in [4.78, 5) is 34.2. The molecule has 9 nitrogen and oxygen atoms in total. The van der Waals surface area contributed by atoms with Gasteiger partial charge in [0, 0.05) is 23.1 Å². The molecule has 2 aromatic heterocycles. The van der Waals surface area contributed by atoms with Gasteiger partial charge in [-0.25, -0.2) is 9.97 Å². The Morgan fingerprint density at radius 3 is 2.28 bits per heavy atom. The Balaban J connectivity index is 1.82. The maximum atomic E-state index is 12.7. The number of amides is 1. The van der Waals surface area contributed by atoms with E-state index < -0.39 is 5.97 Å². The van der Waals surface area contributed by atoms with E-state index in [0.717, 1.165) is 11.4 Å². The minimum absolute atomic E-state index is 0.131. The lowest BCUT2D eigenvalue weighted by atomic mass is 10.3. The van der Waals surface area contributed by atoms with E-state index in [4.69, 9.17) is 0 Å². The van der Waals surface area contributed by atoms with Gasteiger partial charge in [-0.1, -0.05) is 18.2 Å². The Morgan fingerprint density at radius 1 is 1.00 bits per heavy atom. The molecule has 0 aliphatic rings. The predicted molar refractivity (Wildman–Crippen MR) is 108 cm³/mol. The minimum atomic E-state index is -1.02. The molecular weight excluding hydrogens is 372 g/mol. The average Bonchev–Trinajstić information content (AvgIpc) is 3.01. The summed E-state index contributed by atoms with van der Waals surface area (Å²) in [5.41, 5.74) is 2.91. The van der Waals surface area contributed by atoms with Crippen LogP contribution in [0.25, 0.3) is 5.95 Å². The summed E-state index contributed by atoms with van der Waals surface area (Å²) in [5, 5.41) is 16.4. The summed E-state index contributed by atoms with van der Waals surface area (Å²) in [6, 6.07) is 12.5. The van der Waals surface area contributed by atoms with Crippen LogP contribution in [0.15, 0.2) is 42.5 Å². The number of benzene rings is 1. The van der Waals surface area contributed by atoms with Crippen molar-refractivity contribution in [3.8, 4) is 5.95 Å². The summed E-state index contributed by atoms with van der Waals surface area (Å²) >= 11 is 0. The van der Waals surface area contributed by atoms with Crippen molar-refractivity contribution in [2.75, 3.05) is 23.3 Å². The van der Waals surface area contributed by atoms with Crippen molar-refractivity contribution in [1.29, 1.82) is 0 Å². The van der Waals surface area contributed by atoms with E-state index in [9.17, 15) is 14.7 Å². The van der Waals surface area contributed by atoms with Crippen molar-refractivity contribution in [2.45, 2.75) is 20.8 Å². The van der Waals surface area contributed by atoms with Gasteiger partial charge in [-0.3, -0.25) is 9.59 Å². The fourth-order valence-electron chi connectivity index (χ4n) is 2.94. The number of carbonyl (C=O) groups is 2. The molecule has 0 radical (unpaired) electrons. The van der Waals surface area contributed by atoms with Crippen molar-refractivity contribution < 1.29 is 14.7 Å². The molecule has 0 fully saturated rings. The predicted octanol–water partition coefficient (Wildman–Crippen LogP) is 2.12. The number of carbonyl (C=O) groups excluding carboxylic acids is 1. The van der Waals surface area contributed by atoms with Gasteiger partial charge in [-0.15, -0.1) is 0 Å². The monoisotopic (exact) mass is 394 g/mol. The zero-order valence-corrected chi connectivity index (χ0v) is 16.5. The van der Waals surface area contributed by atoms with Crippen molar-refractivity contribution in [1.82, 2.24) is 19.7 Å². The van der Waals surface area contributed by atoms with Crippen molar-refractivity contribution in [3.05, 3.63) is 59.5 Å². The van der Waals surface area contributed by atoms with Crippen LogP contribution < -0.4 is 10.2 Å². The Bertz CT molecular complexity index is 1010. The smallest absolute Gasteiger partial charge is 0.323 e. The molecule has 3 rings (SSSR count). The molecule has 2 N–H and O–H groups in total. The van der Waals surface area contributed by atoms with E-state index in [2.05, 4.69) is 20.4 Å². The largest absolute Gasteiger partial charge is 0.480 e. The van der Waals surface area contributed by atoms with E-state index in [-0.39, 0.29) is 19.0 Å². The molecular formula is C20H22N6O3. The van der Waals surface area contributed by atoms with Gasteiger partial charge in [0.1, 0.15) is 12.4 Å².